The lowest BCUT2D eigenvalue weighted by Crippen LogP contribution is -2.39. The molecular formula is C15H19FN4OS. The second-order valence-electron chi connectivity index (χ2n) is 4.96. The number of carbonyl (C=O) groups is 1. The lowest BCUT2D eigenvalue weighted by atomic mass is 10.2. The monoisotopic (exact) mass is 322 g/mol. The number of hydrogen-bond acceptors (Lipinski definition) is 3. The number of amides is 2. The van der Waals surface area contributed by atoms with Gasteiger partial charge in [0.1, 0.15) is 5.82 Å². The standard InChI is InChI=1S/C15H19FN4OS/c1-11(10-22-3)19(2)15(21)18-13-9-12(16)5-6-14(13)20-8-4-7-17-20/h4-9,11H,10H2,1-3H3,(H,18,21)/t11-/m1/s1. The van der Waals surface area contributed by atoms with Crippen LogP contribution in [0.25, 0.3) is 5.69 Å². The zero-order valence-corrected chi connectivity index (χ0v) is 13.6. The van der Waals surface area contributed by atoms with Gasteiger partial charge in [0.2, 0.25) is 0 Å². The van der Waals surface area contributed by atoms with E-state index in [4.69, 9.17) is 0 Å². The minimum Gasteiger partial charge on any atom is -0.324 e. The topological polar surface area (TPSA) is 50.2 Å². The van der Waals surface area contributed by atoms with Gasteiger partial charge < -0.3 is 10.2 Å². The van der Waals surface area contributed by atoms with Crippen molar-refractivity contribution in [3.8, 4) is 5.69 Å². The third-order valence-corrected chi connectivity index (χ3v) is 4.16. The van der Waals surface area contributed by atoms with Crippen molar-refractivity contribution >= 4 is 23.5 Å². The first kappa shape index (κ1) is 16.4. The van der Waals surface area contributed by atoms with Gasteiger partial charge in [-0.05, 0) is 37.4 Å². The molecule has 0 saturated heterocycles. The van der Waals surface area contributed by atoms with Gasteiger partial charge in [0.15, 0.2) is 0 Å². The second-order valence-corrected chi connectivity index (χ2v) is 5.87. The Kier molecular flexibility index (Phi) is 5.43. The van der Waals surface area contributed by atoms with Crippen molar-refractivity contribution in [2.75, 3.05) is 24.4 Å². The maximum Gasteiger partial charge on any atom is 0.321 e. The summed E-state index contributed by atoms with van der Waals surface area (Å²) < 4.78 is 15.1. The molecule has 22 heavy (non-hydrogen) atoms. The van der Waals surface area contributed by atoms with Crippen LogP contribution in [-0.2, 0) is 0 Å². The average molecular weight is 322 g/mol. The van der Waals surface area contributed by atoms with Crippen LogP contribution in [0.1, 0.15) is 6.92 Å². The van der Waals surface area contributed by atoms with E-state index >= 15 is 0 Å². The lowest BCUT2D eigenvalue weighted by molar-refractivity contribution is 0.212. The molecule has 0 aliphatic rings. The van der Waals surface area contributed by atoms with Gasteiger partial charge in [-0.15, -0.1) is 0 Å². The van der Waals surface area contributed by atoms with E-state index < -0.39 is 5.82 Å². The molecule has 7 heteroatoms. The summed E-state index contributed by atoms with van der Waals surface area (Å²) in [4.78, 5) is 13.9. The van der Waals surface area contributed by atoms with Crippen LogP contribution in [0.5, 0.6) is 0 Å². The number of hydrogen-bond donors (Lipinski definition) is 1. The first-order valence-corrected chi connectivity index (χ1v) is 8.24. The number of thioether (sulfide) groups is 1. The summed E-state index contributed by atoms with van der Waals surface area (Å²) in [5, 5.41) is 6.88. The first-order valence-electron chi connectivity index (χ1n) is 6.85. The SMILES string of the molecule is CSC[C@@H](C)N(C)C(=O)Nc1cc(F)ccc1-n1cccn1. The van der Waals surface area contributed by atoms with Gasteiger partial charge in [0.25, 0.3) is 0 Å². The number of nitrogens with one attached hydrogen (secondary N) is 1. The largest absolute Gasteiger partial charge is 0.324 e. The van der Waals surface area contributed by atoms with Crippen LogP contribution in [0.3, 0.4) is 0 Å². The van der Waals surface area contributed by atoms with Crippen molar-refractivity contribution in [2.24, 2.45) is 0 Å². The van der Waals surface area contributed by atoms with Crippen molar-refractivity contribution in [1.82, 2.24) is 14.7 Å². The van der Waals surface area contributed by atoms with Gasteiger partial charge >= 0.3 is 6.03 Å². The van der Waals surface area contributed by atoms with Gasteiger partial charge in [-0.1, -0.05) is 0 Å². The molecule has 1 aromatic carbocycles. The molecule has 0 aliphatic carbocycles. The molecular weight excluding hydrogens is 303 g/mol. The fourth-order valence-corrected chi connectivity index (χ4v) is 2.68. The van der Waals surface area contributed by atoms with Crippen LogP contribution in [0.2, 0.25) is 0 Å². The van der Waals surface area contributed by atoms with E-state index in [0.717, 1.165) is 5.75 Å². The molecule has 1 N–H and O–H groups in total. The normalized spacial score (nSPS) is 12.0. The third kappa shape index (κ3) is 3.79. The third-order valence-electron chi connectivity index (χ3n) is 3.34. The molecule has 1 heterocycles. The number of carbonyl (C=O) groups excluding carboxylic acids is 1. The molecule has 1 aromatic heterocycles. The number of aromatic nitrogens is 2. The van der Waals surface area contributed by atoms with Crippen LogP contribution in [-0.4, -0.2) is 45.8 Å². The molecule has 0 radical (unpaired) electrons. The minimum absolute atomic E-state index is 0.0803. The first-order chi connectivity index (χ1) is 10.5. The van der Waals surface area contributed by atoms with Gasteiger partial charge in [-0.25, -0.2) is 13.9 Å². The average Bonchev–Trinajstić information content (AvgIpc) is 3.00. The fourth-order valence-electron chi connectivity index (χ4n) is 1.98. The molecule has 1 atom stereocenters. The lowest BCUT2D eigenvalue weighted by Gasteiger charge is -2.25. The molecule has 5 nitrogen and oxygen atoms in total. The fraction of sp³-hybridized carbons (Fsp3) is 0.333. The Hall–Kier alpha value is -2.02. The van der Waals surface area contributed by atoms with Crippen LogP contribution < -0.4 is 5.32 Å². The summed E-state index contributed by atoms with van der Waals surface area (Å²) in [6.07, 6.45) is 5.36. The molecule has 118 valence electrons. The Morgan fingerprint density at radius 1 is 1.55 bits per heavy atom. The number of urea groups is 1. The van der Waals surface area contributed by atoms with E-state index in [9.17, 15) is 9.18 Å². The summed E-state index contributed by atoms with van der Waals surface area (Å²) in [5.41, 5.74) is 1.00. The zero-order valence-electron chi connectivity index (χ0n) is 12.8. The van der Waals surface area contributed by atoms with Crippen LogP contribution in [0, 0.1) is 5.82 Å². The van der Waals surface area contributed by atoms with Gasteiger partial charge in [-0.2, -0.15) is 16.9 Å². The van der Waals surface area contributed by atoms with Crippen molar-refractivity contribution < 1.29 is 9.18 Å². The van der Waals surface area contributed by atoms with E-state index in [2.05, 4.69) is 10.4 Å². The van der Waals surface area contributed by atoms with E-state index in [1.54, 1.807) is 52.9 Å². The summed E-state index contributed by atoms with van der Waals surface area (Å²) >= 11 is 1.67. The number of benzene rings is 1. The molecule has 0 saturated carbocycles. The highest BCUT2D eigenvalue weighted by Crippen LogP contribution is 2.21. The van der Waals surface area contributed by atoms with Crippen molar-refractivity contribution in [2.45, 2.75) is 13.0 Å². The Morgan fingerprint density at radius 2 is 2.32 bits per heavy atom. The summed E-state index contributed by atoms with van der Waals surface area (Å²) in [6, 6.07) is 5.79. The van der Waals surface area contributed by atoms with Crippen LogP contribution >= 0.6 is 11.8 Å². The van der Waals surface area contributed by atoms with E-state index in [1.165, 1.54) is 12.1 Å². The smallest absolute Gasteiger partial charge is 0.321 e. The molecule has 0 unspecified atom stereocenters. The highest BCUT2D eigenvalue weighted by atomic mass is 32.2. The van der Waals surface area contributed by atoms with Gasteiger partial charge in [0, 0.05) is 31.2 Å². The molecule has 2 rings (SSSR count). The Labute approximate surface area is 133 Å². The minimum atomic E-state index is -0.411. The second kappa shape index (κ2) is 7.31. The molecule has 0 fully saturated rings. The quantitative estimate of drug-likeness (QED) is 0.919. The summed E-state index contributed by atoms with van der Waals surface area (Å²) in [5.74, 6) is 0.421. The molecule has 0 spiro atoms. The Bertz CT molecular complexity index is 632. The van der Waals surface area contributed by atoms with Crippen LogP contribution in [0.15, 0.2) is 36.7 Å². The number of anilines is 1. The van der Waals surface area contributed by atoms with Gasteiger partial charge in [-0.3, -0.25) is 0 Å². The van der Waals surface area contributed by atoms with Gasteiger partial charge in [0.05, 0.1) is 11.4 Å². The van der Waals surface area contributed by atoms with E-state index in [1.807, 2.05) is 13.2 Å². The predicted octanol–water partition coefficient (Wildman–Crippen LogP) is 3.23. The Balaban J connectivity index is 2.22. The van der Waals surface area contributed by atoms with Crippen molar-refractivity contribution in [3.63, 3.8) is 0 Å². The highest BCUT2D eigenvalue weighted by molar-refractivity contribution is 7.98. The molecule has 2 amide bonds. The van der Waals surface area contributed by atoms with Crippen molar-refractivity contribution in [3.05, 3.63) is 42.5 Å². The number of rotatable bonds is 5. The zero-order chi connectivity index (χ0) is 16.1. The predicted molar refractivity (Wildman–Crippen MR) is 88.1 cm³/mol. The molecule has 0 bridgehead atoms. The number of nitrogens with zero attached hydrogens (tertiary/aromatic N) is 3. The maximum atomic E-state index is 13.5. The van der Waals surface area contributed by atoms with E-state index in [-0.39, 0.29) is 12.1 Å². The maximum absolute atomic E-state index is 13.5. The summed E-state index contributed by atoms with van der Waals surface area (Å²) in [6.45, 7) is 1.97. The van der Waals surface area contributed by atoms with E-state index in [0.29, 0.717) is 11.4 Å². The number of halogens is 1. The highest BCUT2D eigenvalue weighted by Gasteiger charge is 2.17. The van der Waals surface area contributed by atoms with Crippen molar-refractivity contribution in [1.29, 1.82) is 0 Å². The molecule has 0 aliphatic heterocycles. The Morgan fingerprint density at radius 3 is 2.95 bits per heavy atom. The van der Waals surface area contributed by atoms with Crippen LogP contribution in [0.4, 0.5) is 14.9 Å². The molecule has 2 aromatic rings. The summed E-state index contributed by atoms with van der Waals surface area (Å²) in [7, 11) is 1.73.